The molecule has 1 aromatic rings. The van der Waals surface area contributed by atoms with Gasteiger partial charge in [0.1, 0.15) is 17.6 Å². The molecule has 0 aliphatic heterocycles. The first kappa shape index (κ1) is 19.4. The van der Waals surface area contributed by atoms with Crippen molar-refractivity contribution in [1.82, 2.24) is 10.3 Å². The van der Waals surface area contributed by atoms with Crippen molar-refractivity contribution in [3.63, 3.8) is 0 Å². The number of hydrogen-bond donors (Lipinski definition) is 4. The van der Waals surface area contributed by atoms with E-state index >= 15 is 0 Å². The van der Waals surface area contributed by atoms with Gasteiger partial charge < -0.3 is 20.8 Å². The maximum atomic E-state index is 12.1. The third kappa shape index (κ3) is 5.84. The maximum Gasteiger partial charge on any atom is 0.326 e. The van der Waals surface area contributed by atoms with Gasteiger partial charge in [0.05, 0.1) is 11.9 Å². The van der Waals surface area contributed by atoms with Crippen LogP contribution in [-0.4, -0.2) is 50.9 Å². The normalized spacial score (nSPS) is 11.4. The highest BCUT2D eigenvalue weighted by molar-refractivity contribution is 6.29. The number of carboxylic acids is 2. The predicted octanol–water partition coefficient (Wildman–Crippen LogP) is 0.615. The first-order valence-corrected chi connectivity index (χ1v) is 7.36. The molecule has 0 aliphatic carbocycles. The highest BCUT2D eigenvalue weighted by Crippen LogP contribution is 2.13. The molecule has 1 rings (SSSR count). The van der Waals surface area contributed by atoms with Crippen LogP contribution in [0.25, 0.3) is 0 Å². The zero-order valence-electron chi connectivity index (χ0n) is 12.7. The molecule has 0 aliphatic rings. The third-order valence-electron chi connectivity index (χ3n) is 2.95. The van der Waals surface area contributed by atoms with Crippen molar-refractivity contribution < 1.29 is 29.4 Å². The van der Waals surface area contributed by atoms with E-state index < -0.39 is 36.2 Å². The molecule has 0 radical (unpaired) electrons. The van der Waals surface area contributed by atoms with E-state index in [0.29, 0.717) is 11.3 Å². The molecule has 24 heavy (non-hydrogen) atoms. The van der Waals surface area contributed by atoms with Crippen LogP contribution in [0.15, 0.2) is 12.3 Å². The van der Waals surface area contributed by atoms with Crippen LogP contribution in [0.4, 0.5) is 5.69 Å². The van der Waals surface area contributed by atoms with Gasteiger partial charge in [0.2, 0.25) is 5.91 Å². The van der Waals surface area contributed by atoms with E-state index in [-0.39, 0.29) is 18.0 Å². The summed E-state index contributed by atoms with van der Waals surface area (Å²) in [5.41, 5.74) is 0.720. The van der Waals surface area contributed by atoms with E-state index in [1.54, 1.807) is 6.92 Å². The second-order valence-corrected chi connectivity index (χ2v) is 5.14. The lowest BCUT2D eigenvalue weighted by molar-refractivity contribution is -0.140. The molecule has 0 spiro atoms. The molecule has 130 valence electrons. The van der Waals surface area contributed by atoms with Crippen LogP contribution in [0.3, 0.4) is 0 Å². The van der Waals surface area contributed by atoms with Gasteiger partial charge in [-0.15, -0.1) is 11.6 Å². The van der Waals surface area contributed by atoms with Crippen LogP contribution in [0.1, 0.15) is 28.9 Å². The van der Waals surface area contributed by atoms with Gasteiger partial charge in [0, 0.05) is 6.42 Å². The Morgan fingerprint density at radius 2 is 1.96 bits per heavy atom. The number of nitrogens with zero attached hydrogens (tertiary/aromatic N) is 1. The summed E-state index contributed by atoms with van der Waals surface area (Å²) < 4.78 is 0. The molecule has 10 heteroatoms. The van der Waals surface area contributed by atoms with Gasteiger partial charge in [0.25, 0.3) is 5.91 Å². The van der Waals surface area contributed by atoms with Crippen molar-refractivity contribution in [3.8, 4) is 0 Å². The van der Waals surface area contributed by atoms with E-state index in [2.05, 4.69) is 15.6 Å². The summed E-state index contributed by atoms with van der Waals surface area (Å²) >= 11 is 5.37. The lowest BCUT2D eigenvalue weighted by Gasteiger charge is -2.14. The summed E-state index contributed by atoms with van der Waals surface area (Å²) in [6.45, 7) is 1.56. The third-order valence-corrected chi connectivity index (χ3v) is 3.19. The molecule has 0 saturated heterocycles. The fraction of sp³-hybridized carbons (Fsp3) is 0.357. The van der Waals surface area contributed by atoms with Gasteiger partial charge >= 0.3 is 11.9 Å². The van der Waals surface area contributed by atoms with Gasteiger partial charge in [-0.05, 0) is 25.0 Å². The number of aryl methyl sites for hydroxylation is 1. The summed E-state index contributed by atoms with van der Waals surface area (Å²) in [7, 11) is 0. The monoisotopic (exact) mass is 357 g/mol. The quantitative estimate of drug-likeness (QED) is 0.498. The van der Waals surface area contributed by atoms with E-state index in [4.69, 9.17) is 21.8 Å². The highest BCUT2D eigenvalue weighted by atomic mass is 35.5. The number of alkyl halides is 1. The molecule has 0 aromatic carbocycles. The minimum absolute atomic E-state index is 0.0274. The van der Waals surface area contributed by atoms with Gasteiger partial charge in [-0.25, -0.2) is 9.78 Å². The zero-order chi connectivity index (χ0) is 18.3. The standard InChI is InChI=1S/C14H16ClN3O6/c1-7-4-8(17-10(19)5-15)6-16-12(7)13(22)18-9(14(23)24)2-3-11(20)21/h4,6,9H,2-3,5H2,1H3,(H,17,19)(H,18,22)(H,20,21)(H,23,24)/t9-/m0/s1. The summed E-state index contributed by atoms with van der Waals surface area (Å²) in [6, 6.07) is 0.143. The Kier molecular flexibility index (Phi) is 7.12. The van der Waals surface area contributed by atoms with E-state index in [9.17, 15) is 19.2 Å². The number of aliphatic carboxylic acids is 2. The Balaban J connectivity index is 2.84. The number of halogens is 1. The van der Waals surface area contributed by atoms with Crippen molar-refractivity contribution in [2.45, 2.75) is 25.8 Å². The molecule has 0 unspecified atom stereocenters. The summed E-state index contributed by atoms with van der Waals surface area (Å²) in [4.78, 5) is 48.8. The second kappa shape index (κ2) is 8.82. The fourth-order valence-electron chi connectivity index (χ4n) is 1.83. The van der Waals surface area contributed by atoms with E-state index in [0.717, 1.165) is 0 Å². The minimum Gasteiger partial charge on any atom is -0.481 e. The lowest BCUT2D eigenvalue weighted by atomic mass is 10.1. The smallest absolute Gasteiger partial charge is 0.326 e. The summed E-state index contributed by atoms with van der Waals surface area (Å²) in [5.74, 6) is -3.92. The summed E-state index contributed by atoms with van der Waals surface area (Å²) in [5, 5.41) is 22.3. The molecule has 1 aromatic heterocycles. The molecular weight excluding hydrogens is 342 g/mol. The maximum absolute atomic E-state index is 12.1. The first-order valence-electron chi connectivity index (χ1n) is 6.82. The van der Waals surface area contributed by atoms with Crippen LogP contribution in [-0.2, 0) is 14.4 Å². The number of carboxylic acid groups (broad SMARTS) is 2. The number of nitrogens with one attached hydrogen (secondary N) is 2. The Morgan fingerprint density at radius 3 is 2.46 bits per heavy atom. The van der Waals surface area contributed by atoms with Crippen LogP contribution in [0, 0.1) is 6.92 Å². The largest absolute Gasteiger partial charge is 0.481 e. The SMILES string of the molecule is Cc1cc(NC(=O)CCl)cnc1C(=O)N[C@@H](CCC(=O)O)C(=O)O. The first-order chi connectivity index (χ1) is 11.2. The number of carbonyl (C=O) groups is 4. The fourth-order valence-corrected chi connectivity index (χ4v) is 1.89. The van der Waals surface area contributed by atoms with Gasteiger partial charge in [0.15, 0.2) is 0 Å². The van der Waals surface area contributed by atoms with E-state index in [1.165, 1.54) is 12.3 Å². The highest BCUT2D eigenvalue weighted by Gasteiger charge is 2.23. The van der Waals surface area contributed by atoms with Crippen LogP contribution >= 0.6 is 11.6 Å². The number of rotatable bonds is 8. The average Bonchev–Trinajstić information content (AvgIpc) is 2.50. The number of carbonyl (C=O) groups excluding carboxylic acids is 2. The molecule has 1 heterocycles. The van der Waals surface area contributed by atoms with Crippen molar-refractivity contribution in [2.24, 2.45) is 0 Å². The predicted molar refractivity (Wildman–Crippen MR) is 84.1 cm³/mol. The van der Waals surface area contributed by atoms with Crippen molar-refractivity contribution >= 4 is 41.0 Å². The van der Waals surface area contributed by atoms with Gasteiger partial charge in [-0.2, -0.15) is 0 Å². The number of hydrogen-bond acceptors (Lipinski definition) is 5. The molecular formula is C14H16ClN3O6. The van der Waals surface area contributed by atoms with Gasteiger partial charge in [-0.3, -0.25) is 14.4 Å². The summed E-state index contributed by atoms with van der Waals surface area (Å²) in [6.07, 6.45) is 0.589. The Labute approximate surface area is 142 Å². The molecule has 2 amide bonds. The topological polar surface area (TPSA) is 146 Å². The molecule has 1 atom stereocenters. The number of pyridine rings is 1. The minimum atomic E-state index is -1.34. The van der Waals surface area contributed by atoms with Crippen molar-refractivity contribution in [2.75, 3.05) is 11.2 Å². The number of aromatic nitrogens is 1. The van der Waals surface area contributed by atoms with Crippen LogP contribution in [0.5, 0.6) is 0 Å². The second-order valence-electron chi connectivity index (χ2n) is 4.87. The Hall–Kier alpha value is -2.68. The zero-order valence-corrected chi connectivity index (χ0v) is 13.5. The molecule has 4 N–H and O–H groups in total. The Morgan fingerprint density at radius 1 is 1.29 bits per heavy atom. The molecule has 0 saturated carbocycles. The number of amides is 2. The van der Waals surface area contributed by atoms with Crippen LogP contribution < -0.4 is 10.6 Å². The van der Waals surface area contributed by atoms with Crippen molar-refractivity contribution in [3.05, 3.63) is 23.5 Å². The molecule has 9 nitrogen and oxygen atoms in total. The van der Waals surface area contributed by atoms with E-state index in [1.807, 2.05) is 0 Å². The lowest BCUT2D eigenvalue weighted by Crippen LogP contribution is -2.41. The van der Waals surface area contributed by atoms with Crippen molar-refractivity contribution in [1.29, 1.82) is 0 Å². The number of anilines is 1. The average molecular weight is 358 g/mol. The molecule has 0 fully saturated rings. The molecule has 0 bridgehead atoms. The Bertz CT molecular complexity index is 664. The van der Waals surface area contributed by atoms with Gasteiger partial charge in [-0.1, -0.05) is 0 Å². The van der Waals surface area contributed by atoms with Crippen LogP contribution in [0.2, 0.25) is 0 Å².